The third-order valence-electron chi connectivity index (χ3n) is 1.32. The van der Waals surface area contributed by atoms with Gasteiger partial charge in [-0.3, -0.25) is 0 Å². The van der Waals surface area contributed by atoms with E-state index in [-0.39, 0.29) is 0 Å². The smallest absolute Gasteiger partial charge is 0.0437 e. The molecule has 0 saturated carbocycles. The van der Waals surface area contributed by atoms with Crippen molar-refractivity contribution >= 4 is 33.2 Å². The Kier molecular flexibility index (Phi) is 3.41. The first-order valence-corrected chi connectivity index (χ1v) is 4.97. The summed E-state index contributed by atoms with van der Waals surface area (Å²) in [5.41, 5.74) is 1.05. The minimum Gasteiger partial charge on any atom is -0.383 e. The van der Waals surface area contributed by atoms with Gasteiger partial charge >= 0.3 is 0 Å². The van der Waals surface area contributed by atoms with Gasteiger partial charge in [-0.05, 0) is 32.0 Å². The Balaban J connectivity index is 2.85. The Morgan fingerprint density at radius 2 is 2.00 bits per heavy atom. The average Bonchev–Trinajstić information content (AvgIpc) is 1.81. The van der Waals surface area contributed by atoms with E-state index in [1.807, 2.05) is 18.2 Å². The molecule has 1 aromatic rings. The Morgan fingerprint density at radius 1 is 1.33 bits per heavy atom. The number of nitrogens with one attached hydrogen (secondary N) is 1. The molecule has 0 bridgehead atoms. The van der Waals surface area contributed by atoms with Crippen LogP contribution in [-0.4, -0.2) is 6.04 Å². The third kappa shape index (κ3) is 3.03. The number of anilines is 1. The van der Waals surface area contributed by atoms with Gasteiger partial charge in [-0.2, -0.15) is 0 Å². The van der Waals surface area contributed by atoms with Gasteiger partial charge in [0.2, 0.25) is 0 Å². The summed E-state index contributed by atoms with van der Waals surface area (Å²) in [5.74, 6) is 0. The molecule has 0 amide bonds. The quantitative estimate of drug-likeness (QED) is 0.836. The first kappa shape index (κ1) is 9.87. The predicted molar refractivity (Wildman–Crippen MR) is 57.9 cm³/mol. The summed E-state index contributed by atoms with van der Waals surface area (Å²) in [7, 11) is 0. The summed E-state index contributed by atoms with van der Waals surface area (Å²) in [6, 6.07) is 6.21. The summed E-state index contributed by atoms with van der Waals surface area (Å²) >= 11 is 9.24. The topological polar surface area (TPSA) is 12.0 Å². The first-order chi connectivity index (χ1) is 5.58. The molecule has 1 N–H and O–H groups in total. The molecule has 1 nitrogen and oxygen atoms in total. The molecule has 12 heavy (non-hydrogen) atoms. The fourth-order valence-corrected chi connectivity index (χ4v) is 1.83. The second kappa shape index (κ2) is 4.15. The van der Waals surface area contributed by atoms with E-state index in [1.165, 1.54) is 0 Å². The van der Waals surface area contributed by atoms with Gasteiger partial charge in [0, 0.05) is 21.2 Å². The van der Waals surface area contributed by atoms with E-state index in [0.717, 1.165) is 15.2 Å². The molecule has 0 radical (unpaired) electrons. The van der Waals surface area contributed by atoms with Crippen LogP contribution in [0.1, 0.15) is 13.8 Å². The molecule has 0 aliphatic carbocycles. The molecular weight excluding hydrogens is 237 g/mol. The Bertz CT molecular complexity index is 253. The Labute approximate surface area is 86.2 Å². The van der Waals surface area contributed by atoms with E-state index in [1.54, 1.807) is 0 Å². The lowest BCUT2D eigenvalue weighted by atomic mass is 10.3. The van der Waals surface area contributed by atoms with E-state index < -0.39 is 0 Å². The van der Waals surface area contributed by atoms with Crippen LogP contribution in [0, 0.1) is 0 Å². The van der Waals surface area contributed by atoms with Gasteiger partial charge in [0.05, 0.1) is 0 Å². The summed E-state index contributed by atoms with van der Waals surface area (Å²) in [4.78, 5) is 0. The summed E-state index contributed by atoms with van der Waals surface area (Å²) < 4.78 is 0.998. The molecular formula is C9H11BrClN. The highest BCUT2D eigenvalue weighted by Crippen LogP contribution is 2.23. The zero-order chi connectivity index (χ0) is 9.14. The fourth-order valence-electron chi connectivity index (χ4n) is 0.970. The van der Waals surface area contributed by atoms with Crippen LogP contribution in [0.25, 0.3) is 0 Å². The highest BCUT2D eigenvalue weighted by molar-refractivity contribution is 9.10. The average molecular weight is 249 g/mol. The molecule has 1 aromatic carbocycles. The van der Waals surface area contributed by atoms with E-state index in [2.05, 4.69) is 35.1 Å². The molecule has 0 atom stereocenters. The lowest BCUT2D eigenvalue weighted by molar-refractivity contribution is 0.899. The van der Waals surface area contributed by atoms with Gasteiger partial charge in [-0.15, -0.1) is 0 Å². The lowest BCUT2D eigenvalue weighted by Gasteiger charge is -2.10. The van der Waals surface area contributed by atoms with Crippen LogP contribution in [0.4, 0.5) is 5.69 Å². The monoisotopic (exact) mass is 247 g/mol. The van der Waals surface area contributed by atoms with Crippen LogP contribution in [-0.2, 0) is 0 Å². The molecule has 0 saturated heterocycles. The molecule has 66 valence electrons. The highest BCUT2D eigenvalue weighted by atomic mass is 79.9. The summed E-state index contributed by atoms with van der Waals surface area (Å²) in [6.07, 6.45) is 0. The lowest BCUT2D eigenvalue weighted by Crippen LogP contribution is -2.09. The van der Waals surface area contributed by atoms with Crippen molar-refractivity contribution in [2.45, 2.75) is 19.9 Å². The number of hydrogen-bond donors (Lipinski definition) is 1. The van der Waals surface area contributed by atoms with Crippen molar-refractivity contribution in [1.82, 2.24) is 0 Å². The van der Waals surface area contributed by atoms with Crippen LogP contribution in [0.2, 0.25) is 5.02 Å². The van der Waals surface area contributed by atoms with Crippen molar-refractivity contribution in [2.24, 2.45) is 0 Å². The van der Waals surface area contributed by atoms with Crippen LogP contribution in [0.15, 0.2) is 22.7 Å². The molecule has 0 heterocycles. The van der Waals surface area contributed by atoms with Crippen molar-refractivity contribution in [3.63, 3.8) is 0 Å². The van der Waals surface area contributed by atoms with Crippen molar-refractivity contribution in [3.8, 4) is 0 Å². The van der Waals surface area contributed by atoms with Crippen molar-refractivity contribution < 1.29 is 0 Å². The zero-order valence-corrected chi connectivity index (χ0v) is 9.41. The van der Waals surface area contributed by atoms with Gasteiger partial charge in [0.1, 0.15) is 0 Å². The second-order valence-electron chi connectivity index (χ2n) is 2.96. The fraction of sp³-hybridized carbons (Fsp3) is 0.333. The minimum absolute atomic E-state index is 0.426. The molecule has 0 unspecified atom stereocenters. The first-order valence-electron chi connectivity index (χ1n) is 3.80. The Morgan fingerprint density at radius 3 is 2.50 bits per heavy atom. The number of halogens is 2. The molecule has 0 aromatic heterocycles. The maximum Gasteiger partial charge on any atom is 0.0437 e. The normalized spacial score (nSPS) is 10.4. The standard InChI is InChI=1S/C9H11BrClN/c1-6(2)12-9-4-7(10)3-8(11)5-9/h3-6,12H,1-2H3. The second-order valence-corrected chi connectivity index (χ2v) is 4.31. The maximum absolute atomic E-state index is 5.86. The predicted octanol–water partition coefficient (Wildman–Crippen LogP) is 3.92. The largest absolute Gasteiger partial charge is 0.383 e. The van der Waals surface area contributed by atoms with Gasteiger partial charge < -0.3 is 5.32 Å². The molecule has 1 rings (SSSR count). The SMILES string of the molecule is CC(C)Nc1cc(Cl)cc(Br)c1. The third-order valence-corrected chi connectivity index (χ3v) is 1.99. The molecule has 0 aliphatic rings. The van der Waals surface area contributed by atoms with Crippen molar-refractivity contribution in [2.75, 3.05) is 5.32 Å². The van der Waals surface area contributed by atoms with Gasteiger partial charge in [0.15, 0.2) is 0 Å². The maximum atomic E-state index is 5.86. The molecule has 0 spiro atoms. The molecule has 0 aliphatic heterocycles. The van der Waals surface area contributed by atoms with E-state index in [4.69, 9.17) is 11.6 Å². The number of rotatable bonds is 2. The van der Waals surface area contributed by atoms with Crippen LogP contribution in [0.3, 0.4) is 0 Å². The Hall–Kier alpha value is -0.210. The molecule has 0 fully saturated rings. The number of benzene rings is 1. The van der Waals surface area contributed by atoms with E-state index >= 15 is 0 Å². The van der Waals surface area contributed by atoms with Gasteiger partial charge in [-0.1, -0.05) is 27.5 Å². The van der Waals surface area contributed by atoms with Crippen molar-refractivity contribution in [1.29, 1.82) is 0 Å². The number of hydrogen-bond acceptors (Lipinski definition) is 1. The zero-order valence-electron chi connectivity index (χ0n) is 7.07. The summed E-state index contributed by atoms with van der Waals surface area (Å²) in [6.45, 7) is 4.18. The van der Waals surface area contributed by atoms with Crippen LogP contribution < -0.4 is 5.32 Å². The van der Waals surface area contributed by atoms with Crippen LogP contribution >= 0.6 is 27.5 Å². The van der Waals surface area contributed by atoms with Gasteiger partial charge in [-0.25, -0.2) is 0 Å². The highest BCUT2D eigenvalue weighted by Gasteiger charge is 1.98. The van der Waals surface area contributed by atoms with E-state index in [9.17, 15) is 0 Å². The van der Waals surface area contributed by atoms with Gasteiger partial charge in [0.25, 0.3) is 0 Å². The molecule has 3 heteroatoms. The summed E-state index contributed by atoms with van der Waals surface area (Å²) in [5, 5.41) is 4.02. The van der Waals surface area contributed by atoms with Crippen LogP contribution in [0.5, 0.6) is 0 Å². The van der Waals surface area contributed by atoms with Crippen molar-refractivity contribution in [3.05, 3.63) is 27.7 Å². The van der Waals surface area contributed by atoms with E-state index in [0.29, 0.717) is 6.04 Å². The minimum atomic E-state index is 0.426.